The summed E-state index contributed by atoms with van der Waals surface area (Å²) in [5.41, 5.74) is 1.40. The molecule has 0 saturated carbocycles. The van der Waals surface area contributed by atoms with Gasteiger partial charge in [0.2, 0.25) is 0 Å². The van der Waals surface area contributed by atoms with E-state index in [-0.39, 0.29) is 115 Å². The first-order chi connectivity index (χ1) is 24.4. The second kappa shape index (κ2) is 12.8. The summed E-state index contributed by atoms with van der Waals surface area (Å²) < 4.78 is 0. The molecule has 204 valence electrons. The van der Waals surface area contributed by atoms with Crippen LogP contribution < -0.4 is 87.4 Å². The smallest absolute Gasteiger partial charge is 0.423 e. The molecule has 7 rings (SSSR count). The van der Waals surface area contributed by atoms with Crippen molar-refractivity contribution >= 4 is 255 Å². The molecule has 2 N–H and O–H groups in total. The molecule has 0 unspecified atom stereocenters. The molecule has 0 spiro atoms. The predicted molar refractivity (Wildman–Crippen MR) is 238 cm³/mol. The van der Waals surface area contributed by atoms with Crippen LogP contribution >= 0.6 is 0 Å². The molecule has 0 heterocycles. The van der Waals surface area contributed by atoms with Crippen LogP contribution in [0, 0.1) is 0 Å². The van der Waals surface area contributed by atoms with Crippen LogP contribution in [0.1, 0.15) is 0 Å². The maximum Gasteiger partial charge on any atom is 0.488 e. The van der Waals surface area contributed by atoms with Crippen LogP contribution in [-0.4, -0.2) is 135 Å². The van der Waals surface area contributed by atoms with Crippen LogP contribution in [0.5, 0.6) is 0 Å². The summed E-state index contributed by atoms with van der Waals surface area (Å²) >= 11 is 0. The summed E-state index contributed by atoms with van der Waals surface area (Å²) in [4.78, 5) is 0. The van der Waals surface area contributed by atoms with Crippen molar-refractivity contribution in [2.24, 2.45) is 0 Å². The molecular weight excluding hydrogens is 613 g/mol. The van der Waals surface area contributed by atoms with Crippen molar-refractivity contribution in [3.8, 4) is 22.3 Å². The molecule has 0 aliphatic heterocycles. The Labute approximate surface area is 322 Å². The second-order valence-corrected chi connectivity index (χ2v) is 12.8. The third kappa shape index (κ3) is 5.03. The topological polar surface area (TPSA) is 40.5 Å². The van der Waals surface area contributed by atoms with Crippen LogP contribution in [0.2, 0.25) is 0 Å². The van der Waals surface area contributed by atoms with Gasteiger partial charge in [0.25, 0.3) is 0 Å². The Kier molecular flexibility index (Phi) is 9.11. The lowest BCUT2D eigenvalue weighted by atomic mass is 9.56. The van der Waals surface area contributed by atoms with Gasteiger partial charge in [0.1, 0.15) is 118 Å². The zero-order valence-corrected chi connectivity index (χ0v) is 27.6. The van der Waals surface area contributed by atoms with Gasteiger partial charge in [-0.25, -0.2) is 0 Å². The normalized spacial score (nSPS) is 11.7. The summed E-state index contributed by atoms with van der Waals surface area (Å²) in [6, 6.07) is 10.4. The van der Waals surface area contributed by atoms with E-state index >= 15 is 0 Å². The summed E-state index contributed by atoms with van der Waals surface area (Å²) in [6.45, 7) is 0. The van der Waals surface area contributed by atoms with Crippen LogP contribution in [0.25, 0.3) is 65.3 Å². The minimum Gasteiger partial charge on any atom is -0.423 e. The molecule has 0 aliphatic carbocycles. The van der Waals surface area contributed by atoms with Crippen LogP contribution in [-0.2, 0) is 0 Å². The number of benzene rings is 7. The molecular formula is C34H8B16O2. The fourth-order valence-electron chi connectivity index (χ4n) is 7.24. The fourth-order valence-corrected chi connectivity index (χ4v) is 7.24. The highest BCUT2D eigenvalue weighted by atomic mass is 16.4. The maximum absolute atomic E-state index is 9.77. The quantitative estimate of drug-likeness (QED) is 0.152. The van der Waals surface area contributed by atoms with E-state index in [9.17, 15) is 10.0 Å². The Morgan fingerprint density at radius 2 is 0.635 bits per heavy atom. The van der Waals surface area contributed by atoms with Gasteiger partial charge in [-0.1, -0.05) is 74.0 Å². The highest BCUT2D eigenvalue weighted by molar-refractivity contribution is 6.75. The molecule has 0 fully saturated rings. The van der Waals surface area contributed by atoms with Crippen LogP contribution in [0.4, 0.5) is 0 Å². The van der Waals surface area contributed by atoms with Gasteiger partial charge in [-0.15, -0.1) is 38.2 Å². The number of rotatable bonds is 3. The fraction of sp³-hybridized carbons (Fsp3) is 0. The number of hydrogen-bond donors (Lipinski definition) is 2. The molecule has 0 aromatic heterocycles. The minimum atomic E-state index is -1.67. The average molecular weight is 621 g/mol. The number of fused-ring (bicyclic) bond motifs is 4. The lowest BCUT2D eigenvalue weighted by Crippen LogP contribution is -2.53. The van der Waals surface area contributed by atoms with E-state index in [1.165, 1.54) is 0 Å². The van der Waals surface area contributed by atoms with Crippen molar-refractivity contribution in [2.75, 3.05) is 0 Å². The van der Waals surface area contributed by atoms with E-state index < -0.39 is 7.12 Å². The van der Waals surface area contributed by atoms with E-state index in [0.717, 1.165) is 5.39 Å². The molecule has 0 atom stereocenters. The second-order valence-electron chi connectivity index (χ2n) is 12.8. The summed E-state index contributed by atoms with van der Waals surface area (Å²) in [6.07, 6.45) is 0. The van der Waals surface area contributed by atoms with Crippen molar-refractivity contribution < 1.29 is 10.0 Å². The van der Waals surface area contributed by atoms with Gasteiger partial charge in [0.05, 0.1) is 0 Å². The Morgan fingerprint density at radius 3 is 1.06 bits per heavy atom. The van der Waals surface area contributed by atoms with Crippen molar-refractivity contribution in [1.82, 2.24) is 0 Å². The first-order valence-electron chi connectivity index (χ1n) is 15.6. The first-order valence-corrected chi connectivity index (χ1v) is 15.6. The number of hydrogen-bond acceptors (Lipinski definition) is 2. The Balaban J connectivity index is 1.85. The average Bonchev–Trinajstić information content (AvgIpc) is 3.13. The van der Waals surface area contributed by atoms with E-state index in [1.807, 2.05) is 6.07 Å². The summed E-state index contributed by atoms with van der Waals surface area (Å²) in [5.74, 6) is 0. The minimum absolute atomic E-state index is 0.00194. The van der Waals surface area contributed by atoms with Gasteiger partial charge in [0, 0.05) is 0 Å². The highest BCUT2D eigenvalue weighted by Crippen LogP contribution is 2.41. The van der Waals surface area contributed by atoms with Crippen molar-refractivity contribution in [2.45, 2.75) is 0 Å². The molecule has 18 heteroatoms. The molecule has 0 amide bonds. The van der Waals surface area contributed by atoms with Gasteiger partial charge < -0.3 is 10.0 Å². The summed E-state index contributed by atoms with van der Waals surface area (Å²) in [5, 5.41) is 22.3. The van der Waals surface area contributed by atoms with Crippen LogP contribution in [0.3, 0.4) is 0 Å². The predicted octanol–water partition coefficient (Wildman–Crippen LogP) is -10.8. The zero-order valence-electron chi connectivity index (χ0n) is 27.6. The molecule has 30 radical (unpaired) electrons. The molecule has 0 aliphatic rings. The van der Waals surface area contributed by atoms with E-state index in [2.05, 4.69) is 0 Å². The highest BCUT2D eigenvalue weighted by Gasteiger charge is 2.28. The van der Waals surface area contributed by atoms with Crippen molar-refractivity contribution in [1.29, 1.82) is 0 Å². The Morgan fingerprint density at radius 1 is 0.308 bits per heavy atom. The Bertz CT molecular complexity index is 2690. The largest absolute Gasteiger partial charge is 0.488 e. The van der Waals surface area contributed by atoms with Gasteiger partial charge in [-0.3, -0.25) is 0 Å². The SMILES string of the molecule is [B]c1c([B])c([B])c2c(-c3c4c([B])c([B])c([B])c([B])c4c(-c4ccc5cc(B(O)O)ccc5c4)c4c([B])c([B])c([B])c([B])c34)c([B])c([B])c([B])c2c1[B]. The van der Waals surface area contributed by atoms with Gasteiger partial charge in [-0.05, 0) is 76.9 Å². The molecule has 2 nitrogen and oxygen atoms in total. The van der Waals surface area contributed by atoms with Crippen LogP contribution in [0.15, 0.2) is 36.4 Å². The lowest BCUT2D eigenvalue weighted by Gasteiger charge is -2.31. The monoisotopic (exact) mass is 624 g/mol. The summed E-state index contributed by atoms with van der Waals surface area (Å²) in [7, 11) is 97.9. The third-order valence-electron chi connectivity index (χ3n) is 10.0. The first kappa shape index (κ1) is 36.9. The maximum atomic E-state index is 9.77. The Hall–Kier alpha value is -3.46. The van der Waals surface area contributed by atoms with E-state index in [4.69, 9.17) is 118 Å². The molecule has 0 saturated heterocycles. The zero-order chi connectivity index (χ0) is 38.0. The van der Waals surface area contributed by atoms with Gasteiger partial charge in [-0.2, -0.15) is 0 Å². The van der Waals surface area contributed by atoms with Gasteiger partial charge >= 0.3 is 7.12 Å². The lowest BCUT2D eigenvalue weighted by molar-refractivity contribution is 0.426. The van der Waals surface area contributed by atoms with Gasteiger partial charge in [0.15, 0.2) is 0 Å². The van der Waals surface area contributed by atoms with Crippen molar-refractivity contribution in [3.63, 3.8) is 0 Å². The van der Waals surface area contributed by atoms with E-state index in [1.54, 1.807) is 30.3 Å². The standard InChI is InChI=1S/C34H8B16O2/c35-20-13-11(9-2-1-8-6-10(50(51)52)4-3-7(8)5-9)14-16(24(39)32(47)30(45)21(14)36)12(15(13)23(38)31(46)29(20)44)17-18-19(26(41)28(43)22(17)37)27(42)34(49)33(48)25(18)40/h1-6,51-52H. The van der Waals surface area contributed by atoms with Crippen molar-refractivity contribution in [3.05, 3.63) is 36.4 Å². The molecule has 0 bridgehead atoms. The molecule has 7 aromatic carbocycles. The molecule has 52 heavy (non-hydrogen) atoms. The molecule has 7 aromatic rings. The third-order valence-corrected chi connectivity index (χ3v) is 10.0. The van der Waals surface area contributed by atoms with E-state index in [0.29, 0.717) is 32.7 Å².